The molecule has 0 unspecified atom stereocenters. The zero-order chi connectivity index (χ0) is 22.3. The summed E-state index contributed by atoms with van der Waals surface area (Å²) in [5, 5.41) is 2.98. The number of rotatable bonds is 15. The maximum atomic E-state index is 12.2. The second kappa shape index (κ2) is 15.3. The van der Waals surface area contributed by atoms with E-state index in [1.807, 2.05) is 40.9 Å². The first kappa shape index (κ1) is 25.7. The lowest BCUT2D eigenvalue weighted by Gasteiger charge is -2.18. The van der Waals surface area contributed by atoms with E-state index in [2.05, 4.69) is 29.6 Å². The number of thioether (sulfide) groups is 2. The van der Waals surface area contributed by atoms with E-state index >= 15 is 0 Å². The number of nitrogens with one attached hydrogen (secondary N) is 1. The summed E-state index contributed by atoms with van der Waals surface area (Å²) < 4.78 is 10.3. The molecule has 5 nitrogen and oxygen atoms in total. The van der Waals surface area contributed by atoms with Crippen LogP contribution in [-0.4, -0.2) is 62.2 Å². The molecule has 0 aromatic heterocycles. The molecule has 0 saturated carbocycles. The number of carbonyl (C=O) groups is 1. The Balaban J connectivity index is 1.54. The molecule has 0 heterocycles. The average Bonchev–Trinajstić information content (AvgIpc) is 2.81. The number of hydrogen-bond acceptors (Lipinski definition) is 6. The van der Waals surface area contributed by atoms with Gasteiger partial charge in [-0.25, -0.2) is 0 Å². The molecule has 0 aliphatic heterocycles. The molecule has 0 bridgehead atoms. The Hall–Kier alpha value is -1.54. The van der Waals surface area contributed by atoms with Crippen LogP contribution in [-0.2, 0) is 16.3 Å². The Bertz CT molecular complexity index is 760. The van der Waals surface area contributed by atoms with E-state index in [1.54, 1.807) is 26.0 Å². The summed E-state index contributed by atoms with van der Waals surface area (Å²) in [6.07, 6.45) is 0. The maximum Gasteiger partial charge on any atom is 0.234 e. The Morgan fingerprint density at radius 1 is 0.903 bits per heavy atom. The van der Waals surface area contributed by atoms with Gasteiger partial charge in [0.05, 0.1) is 26.8 Å². The van der Waals surface area contributed by atoms with E-state index in [-0.39, 0.29) is 5.91 Å². The zero-order valence-electron chi connectivity index (χ0n) is 18.1. The second-order valence-electron chi connectivity index (χ2n) is 6.82. The van der Waals surface area contributed by atoms with Crippen molar-refractivity contribution in [1.82, 2.24) is 10.2 Å². The highest BCUT2D eigenvalue weighted by Gasteiger charge is 2.09. The highest BCUT2D eigenvalue weighted by molar-refractivity contribution is 7.98. The Morgan fingerprint density at radius 3 is 1.90 bits per heavy atom. The summed E-state index contributed by atoms with van der Waals surface area (Å²) in [4.78, 5) is 14.1. The average molecular weight is 483 g/mol. The largest absolute Gasteiger partial charge is 0.497 e. The first-order valence-corrected chi connectivity index (χ1v) is 13.0. The van der Waals surface area contributed by atoms with Crippen LogP contribution in [0.2, 0.25) is 0 Å². The first-order chi connectivity index (χ1) is 15.1. The van der Waals surface area contributed by atoms with Gasteiger partial charge in [0.15, 0.2) is 0 Å². The fourth-order valence-electron chi connectivity index (χ4n) is 2.72. The van der Waals surface area contributed by atoms with Crippen LogP contribution >= 0.6 is 35.1 Å². The topological polar surface area (TPSA) is 50.8 Å². The molecule has 0 radical (unpaired) electrons. The van der Waals surface area contributed by atoms with Crippen LogP contribution in [0.4, 0.5) is 0 Å². The van der Waals surface area contributed by atoms with Gasteiger partial charge >= 0.3 is 0 Å². The molecule has 0 fully saturated rings. The van der Waals surface area contributed by atoms with Crippen molar-refractivity contribution >= 4 is 41.0 Å². The van der Waals surface area contributed by atoms with Gasteiger partial charge in [0.1, 0.15) is 11.5 Å². The lowest BCUT2D eigenvalue weighted by molar-refractivity contribution is -0.121. The number of carbonyl (C=O) groups excluding carboxylic acids is 1. The van der Waals surface area contributed by atoms with Gasteiger partial charge in [-0.15, -0.1) is 11.6 Å². The minimum absolute atomic E-state index is 0.0193. The number of alkyl halides is 1. The van der Waals surface area contributed by atoms with Gasteiger partial charge in [-0.3, -0.25) is 9.69 Å². The van der Waals surface area contributed by atoms with E-state index in [0.29, 0.717) is 19.1 Å². The minimum Gasteiger partial charge on any atom is -0.497 e. The van der Waals surface area contributed by atoms with Gasteiger partial charge in [0, 0.05) is 36.1 Å². The van der Waals surface area contributed by atoms with Crippen LogP contribution in [0, 0.1) is 0 Å². The van der Waals surface area contributed by atoms with E-state index in [0.717, 1.165) is 41.1 Å². The molecule has 2 aromatic rings. The molecule has 0 aliphatic carbocycles. The number of hydrogen-bond donors (Lipinski definition) is 1. The molecule has 0 spiro atoms. The smallest absolute Gasteiger partial charge is 0.234 e. The van der Waals surface area contributed by atoms with Crippen molar-refractivity contribution in [3.8, 4) is 11.5 Å². The van der Waals surface area contributed by atoms with Gasteiger partial charge in [-0.1, -0.05) is 24.3 Å². The summed E-state index contributed by atoms with van der Waals surface area (Å²) in [6, 6.07) is 16.5. The molecule has 0 saturated heterocycles. The number of ether oxygens (including phenoxy) is 2. The molecular formula is C23H31ClN2O3S2. The molecule has 2 aromatic carbocycles. The fourth-order valence-corrected chi connectivity index (χ4v) is 4.70. The third kappa shape index (κ3) is 10.5. The zero-order valence-corrected chi connectivity index (χ0v) is 20.5. The molecule has 31 heavy (non-hydrogen) atoms. The standard InChI is InChI=1S/C23H31ClN2O3S2/c1-28-21-7-3-19(4-8-21)16-30-13-11-25-23(27)15-26(18-24)12-14-31-17-20-5-9-22(29-2)10-6-20/h3-10H,11-18H2,1-2H3,(H,25,27). The van der Waals surface area contributed by atoms with Crippen molar-refractivity contribution in [3.05, 3.63) is 59.7 Å². The first-order valence-electron chi connectivity index (χ1n) is 10.1. The summed E-state index contributed by atoms with van der Waals surface area (Å²) in [7, 11) is 3.33. The maximum absolute atomic E-state index is 12.2. The van der Waals surface area contributed by atoms with Crippen molar-refractivity contribution in [3.63, 3.8) is 0 Å². The van der Waals surface area contributed by atoms with Crippen molar-refractivity contribution in [2.75, 3.05) is 51.4 Å². The molecule has 1 amide bonds. The summed E-state index contributed by atoms with van der Waals surface area (Å²) in [6.45, 7) is 1.77. The van der Waals surface area contributed by atoms with Crippen LogP contribution in [0.1, 0.15) is 11.1 Å². The normalized spacial score (nSPS) is 10.8. The van der Waals surface area contributed by atoms with Crippen LogP contribution in [0.15, 0.2) is 48.5 Å². The van der Waals surface area contributed by atoms with E-state index in [4.69, 9.17) is 21.1 Å². The predicted molar refractivity (Wildman–Crippen MR) is 134 cm³/mol. The Kier molecular flexibility index (Phi) is 12.7. The molecule has 8 heteroatoms. The number of amides is 1. The summed E-state index contributed by atoms with van der Waals surface area (Å²) in [5.41, 5.74) is 2.51. The molecule has 0 atom stereocenters. The quantitative estimate of drug-likeness (QED) is 0.229. The number of nitrogens with zero attached hydrogens (tertiary/aromatic N) is 1. The fraction of sp³-hybridized carbons (Fsp3) is 0.435. The molecule has 170 valence electrons. The number of benzene rings is 2. The minimum atomic E-state index is 0.0193. The molecule has 2 rings (SSSR count). The van der Waals surface area contributed by atoms with Gasteiger partial charge in [-0.05, 0) is 35.4 Å². The van der Waals surface area contributed by atoms with E-state index in [9.17, 15) is 4.79 Å². The third-order valence-corrected chi connectivity index (χ3v) is 6.89. The molecule has 1 N–H and O–H groups in total. The second-order valence-corrected chi connectivity index (χ2v) is 9.27. The Labute approximate surface area is 199 Å². The summed E-state index contributed by atoms with van der Waals surface area (Å²) in [5.74, 6) is 5.39. The predicted octanol–water partition coefficient (Wildman–Crippen LogP) is 4.48. The molecule has 0 aliphatic rings. The van der Waals surface area contributed by atoms with Gasteiger partial charge in [0.2, 0.25) is 5.91 Å². The third-order valence-electron chi connectivity index (χ3n) is 4.51. The lowest BCUT2D eigenvalue weighted by Crippen LogP contribution is -2.38. The highest BCUT2D eigenvalue weighted by atomic mass is 35.5. The van der Waals surface area contributed by atoms with Crippen molar-refractivity contribution in [1.29, 1.82) is 0 Å². The Morgan fingerprint density at radius 2 is 1.42 bits per heavy atom. The number of methoxy groups -OCH3 is 2. The van der Waals surface area contributed by atoms with Crippen LogP contribution in [0.25, 0.3) is 0 Å². The van der Waals surface area contributed by atoms with Crippen molar-refractivity contribution in [2.45, 2.75) is 11.5 Å². The monoisotopic (exact) mass is 482 g/mol. The van der Waals surface area contributed by atoms with Gasteiger partial charge in [0.25, 0.3) is 0 Å². The van der Waals surface area contributed by atoms with Crippen molar-refractivity contribution in [2.24, 2.45) is 0 Å². The van der Waals surface area contributed by atoms with Gasteiger partial charge in [-0.2, -0.15) is 23.5 Å². The number of halogens is 1. The van der Waals surface area contributed by atoms with Gasteiger partial charge < -0.3 is 14.8 Å². The highest BCUT2D eigenvalue weighted by Crippen LogP contribution is 2.17. The van der Waals surface area contributed by atoms with Crippen LogP contribution < -0.4 is 14.8 Å². The molecular weight excluding hydrogens is 452 g/mol. The SMILES string of the molecule is COc1ccc(CSCCNC(=O)CN(CCl)CCSCc2ccc(OC)cc2)cc1. The van der Waals surface area contributed by atoms with E-state index in [1.165, 1.54) is 11.1 Å². The van der Waals surface area contributed by atoms with Crippen LogP contribution in [0.5, 0.6) is 11.5 Å². The van der Waals surface area contributed by atoms with Crippen LogP contribution in [0.3, 0.4) is 0 Å². The van der Waals surface area contributed by atoms with Crippen molar-refractivity contribution < 1.29 is 14.3 Å². The summed E-state index contributed by atoms with van der Waals surface area (Å²) >= 11 is 9.65. The van der Waals surface area contributed by atoms with E-state index < -0.39 is 0 Å². The lowest BCUT2D eigenvalue weighted by atomic mass is 10.2.